The van der Waals surface area contributed by atoms with Crippen molar-refractivity contribution in [2.45, 2.75) is 5.92 Å². The number of nitrogens with one attached hydrogen (secondary N) is 2. The van der Waals surface area contributed by atoms with E-state index in [1.807, 2.05) is 24.4 Å². The summed E-state index contributed by atoms with van der Waals surface area (Å²) in [5.74, 6) is 1.64. The topological polar surface area (TPSA) is 62.9 Å². The van der Waals surface area contributed by atoms with E-state index in [2.05, 4.69) is 75.9 Å². The average molecular weight is 434 g/mol. The van der Waals surface area contributed by atoms with E-state index >= 15 is 0 Å². The van der Waals surface area contributed by atoms with Crippen LogP contribution in [0.25, 0.3) is 32.7 Å². The second-order valence-corrected chi connectivity index (χ2v) is 8.16. The molecule has 162 valence electrons. The first kappa shape index (κ1) is 19.4. The van der Waals surface area contributed by atoms with Gasteiger partial charge in [0.15, 0.2) is 0 Å². The molecule has 2 N–H and O–H groups in total. The zero-order valence-corrected chi connectivity index (χ0v) is 18.4. The van der Waals surface area contributed by atoms with E-state index in [1.165, 1.54) is 16.7 Å². The summed E-state index contributed by atoms with van der Waals surface area (Å²) in [5.41, 5.74) is 6.70. The quantitative estimate of drug-likeness (QED) is 0.331. The minimum absolute atomic E-state index is 0.0281. The van der Waals surface area contributed by atoms with E-state index in [4.69, 9.17) is 9.47 Å². The maximum Gasteiger partial charge on any atom is 0.119 e. The van der Waals surface area contributed by atoms with Gasteiger partial charge in [0.1, 0.15) is 11.5 Å². The minimum Gasteiger partial charge on any atom is -0.497 e. The van der Waals surface area contributed by atoms with Crippen LogP contribution in [0.3, 0.4) is 0 Å². The Kier molecular flexibility index (Phi) is 4.54. The first-order valence-corrected chi connectivity index (χ1v) is 10.9. The number of H-pyrrole nitrogens is 2. The van der Waals surface area contributed by atoms with Crippen molar-refractivity contribution in [1.82, 2.24) is 15.0 Å². The van der Waals surface area contributed by atoms with E-state index < -0.39 is 0 Å². The van der Waals surface area contributed by atoms with Gasteiger partial charge in [-0.15, -0.1) is 0 Å². The predicted molar refractivity (Wildman–Crippen MR) is 132 cm³/mol. The van der Waals surface area contributed by atoms with Crippen LogP contribution in [0.15, 0.2) is 85.3 Å². The number of aromatic amines is 2. The van der Waals surface area contributed by atoms with E-state index in [1.54, 1.807) is 14.2 Å². The third kappa shape index (κ3) is 3.12. The van der Waals surface area contributed by atoms with Crippen LogP contribution in [0.1, 0.15) is 22.6 Å². The minimum atomic E-state index is -0.0281. The van der Waals surface area contributed by atoms with Gasteiger partial charge in [-0.2, -0.15) is 0 Å². The maximum absolute atomic E-state index is 5.55. The van der Waals surface area contributed by atoms with E-state index in [-0.39, 0.29) is 5.92 Å². The molecule has 0 spiro atoms. The van der Waals surface area contributed by atoms with Gasteiger partial charge in [-0.1, -0.05) is 18.2 Å². The third-order valence-electron chi connectivity index (χ3n) is 6.46. The Bertz CT molecular complexity index is 1530. The highest BCUT2D eigenvalue weighted by Crippen LogP contribution is 2.42. The van der Waals surface area contributed by atoms with Crippen molar-refractivity contribution in [3.05, 3.63) is 102 Å². The van der Waals surface area contributed by atoms with Crippen molar-refractivity contribution in [2.75, 3.05) is 14.2 Å². The molecule has 0 unspecified atom stereocenters. The molecule has 0 atom stereocenters. The van der Waals surface area contributed by atoms with Crippen LogP contribution >= 0.6 is 0 Å². The van der Waals surface area contributed by atoms with Crippen molar-refractivity contribution < 1.29 is 9.47 Å². The smallest absolute Gasteiger partial charge is 0.119 e. The Balaban J connectivity index is 1.69. The Morgan fingerprint density at radius 3 is 1.88 bits per heavy atom. The average Bonchev–Trinajstić information content (AvgIpc) is 3.48. The lowest BCUT2D eigenvalue weighted by molar-refractivity contribution is 0.415. The number of methoxy groups -OCH3 is 2. The molecule has 0 aliphatic heterocycles. The lowest BCUT2D eigenvalue weighted by atomic mass is 9.83. The molecule has 0 radical (unpaired) electrons. The number of para-hydroxylation sites is 1. The van der Waals surface area contributed by atoms with Crippen molar-refractivity contribution >= 4 is 32.7 Å². The van der Waals surface area contributed by atoms with E-state index in [0.717, 1.165) is 44.2 Å². The summed E-state index contributed by atoms with van der Waals surface area (Å²) in [6.45, 7) is 0. The van der Waals surface area contributed by atoms with Crippen LogP contribution in [0.4, 0.5) is 0 Å². The molecule has 0 saturated heterocycles. The highest BCUT2D eigenvalue weighted by atomic mass is 16.5. The molecule has 3 aromatic carbocycles. The number of nitrogens with zero attached hydrogens (tertiary/aromatic N) is 1. The number of aromatic nitrogens is 3. The second-order valence-electron chi connectivity index (χ2n) is 8.16. The zero-order chi connectivity index (χ0) is 22.4. The van der Waals surface area contributed by atoms with Gasteiger partial charge in [0.25, 0.3) is 0 Å². The first-order chi connectivity index (χ1) is 16.3. The standard InChI is InChI=1S/C28H23N3O2/c1-32-17-7-9-26-21(13-17)23(15-30-26)28(20-11-12-29-25-6-4-3-5-19(20)25)24-16-31-27-10-8-18(33-2)14-22(24)27/h3-16,28,30-31H,1-2H3. The van der Waals surface area contributed by atoms with Crippen LogP contribution in [0.5, 0.6) is 11.5 Å². The zero-order valence-electron chi connectivity index (χ0n) is 18.4. The fourth-order valence-corrected chi connectivity index (χ4v) is 4.85. The molecular formula is C28H23N3O2. The number of rotatable bonds is 5. The molecule has 0 fully saturated rings. The Morgan fingerprint density at radius 1 is 0.667 bits per heavy atom. The lowest BCUT2D eigenvalue weighted by Crippen LogP contribution is -2.04. The van der Waals surface area contributed by atoms with Crippen LogP contribution in [0, 0.1) is 0 Å². The number of fused-ring (bicyclic) bond motifs is 3. The summed E-state index contributed by atoms with van der Waals surface area (Å²) >= 11 is 0. The molecule has 6 aromatic rings. The number of pyridine rings is 1. The third-order valence-corrected chi connectivity index (χ3v) is 6.46. The van der Waals surface area contributed by atoms with Gasteiger partial charge in [0.2, 0.25) is 0 Å². The SMILES string of the molecule is COc1ccc2[nH]cc(C(c3ccnc4ccccc34)c3c[nH]c4ccc(OC)cc34)c2c1. The fraction of sp³-hybridized carbons (Fsp3) is 0.107. The number of hydrogen-bond acceptors (Lipinski definition) is 3. The Labute approximate surface area is 191 Å². The van der Waals surface area contributed by atoms with Crippen LogP contribution in [0.2, 0.25) is 0 Å². The molecule has 0 aliphatic carbocycles. The molecule has 0 aliphatic rings. The van der Waals surface area contributed by atoms with Gasteiger partial charge in [-0.25, -0.2) is 0 Å². The highest BCUT2D eigenvalue weighted by Gasteiger charge is 2.25. The molecule has 6 rings (SSSR count). The van der Waals surface area contributed by atoms with Crippen molar-refractivity contribution in [2.24, 2.45) is 0 Å². The van der Waals surface area contributed by atoms with E-state index in [0.29, 0.717) is 0 Å². The molecule has 33 heavy (non-hydrogen) atoms. The monoisotopic (exact) mass is 433 g/mol. The molecule has 3 heterocycles. The summed E-state index contributed by atoms with van der Waals surface area (Å²) in [5, 5.41) is 3.41. The summed E-state index contributed by atoms with van der Waals surface area (Å²) in [6, 6.07) is 22.7. The number of hydrogen-bond donors (Lipinski definition) is 2. The number of ether oxygens (including phenoxy) is 2. The van der Waals surface area contributed by atoms with Crippen molar-refractivity contribution in [3.63, 3.8) is 0 Å². The Morgan fingerprint density at radius 2 is 1.27 bits per heavy atom. The maximum atomic E-state index is 5.55. The van der Waals surface area contributed by atoms with Gasteiger partial charge < -0.3 is 19.4 Å². The normalized spacial score (nSPS) is 11.6. The van der Waals surface area contributed by atoms with Gasteiger partial charge in [0, 0.05) is 51.7 Å². The van der Waals surface area contributed by atoms with Crippen molar-refractivity contribution in [3.8, 4) is 11.5 Å². The van der Waals surface area contributed by atoms with Crippen LogP contribution in [-0.2, 0) is 0 Å². The summed E-state index contributed by atoms with van der Waals surface area (Å²) < 4.78 is 11.1. The number of benzene rings is 3. The first-order valence-electron chi connectivity index (χ1n) is 10.9. The van der Waals surface area contributed by atoms with Crippen LogP contribution in [-0.4, -0.2) is 29.2 Å². The predicted octanol–water partition coefficient (Wildman–Crippen LogP) is 6.39. The molecule has 5 nitrogen and oxygen atoms in total. The van der Waals surface area contributed by atoms with Crippen LogP contribution < -0.4 is 9.47 Å². The summed E-state index contributed by atoms with van der Waals surface area (Å²) in [7, 11) is 3.40. The lowest BCUT2D eigenvalue weighted by Gasteiger charge is -2.19. The molecule has 0 bridgehead atoms. The van der Waals surface area contributed by atoms with Gasteiger partial charge in [0.05, 0.1) is 19.7 Å². The summed E-state index contributed by atoms with van der Waals surface area (Å²) in [4.78, 5) is 11.5. The molecule has 3 aromatic heterocycles. The van der Waals surface area contributed by atoms with E-state index in [9.17, 15) is 0 Å². The fourth-order valence-electron chi connectivity index (χ4n) is 4.85. The van der Waals surface area contributed by atoms with Gasteiger partial charge in [-0.05, 0) is 65.2 Å². The summed E-state index contributed by atoms with van der Waals surface area (Å²) in [6.07, 6.45) is 6.13. The Hall–Kier alpha value is -4.25. The molecule has 0 saturated carbocycles. The second kappa shape index (κ2) is 7.71. The molecule has 5 heteroatoms. The molecular weight excluding hydrogens is 410 g/mol. The van der Waals surface area contributed by atoms with Gasteiger partial charge in [-0.3, -0.25) is 4.98 Å². The van der Waals surface area contributed by atoms with Crippen molar-refractivity contribution in [1.29, 1.82) is 0 Å². The molecule has 0 amide bonds. The van der Waals surface area contributed by atoms with Gasteiger partial charge >= 0.3 is 0 Å². The highest BCUT2D eigenvalue weighted by molar-refractivity contribution is 5.93. The largest absolute Gasteiger partial charge is 0.497 e.